The molecule has 1 unspecified atom stereocenters. The Hall–Kier alpha value is -1.92. The fraction of sp³-hybridized carbons (Fsp3) is 0.522. The summed E-state index contributed by atoms with van der Waals surface area (Å²) in [5, 5.41) is 0.683. The van der Waals surface area contributed by atoms with Crippen LogP contribution in [0.2, 0.25) is 0 Å². The van der Waals surface area contributed by atoms with Gasteiger partial charge in [0.05, 0.1) is 5.75 Å². The predicted octanol–water partition coefficient (Wildman–Crippen LogP) is 3.80. The van der Waals surface area contributed by atoms with Crippen molar-refractivity contribution in [2.75, 3.05) is 25.9 Å². The molecule has 0 radical (unpaired) electrons. The van der Waals surface area contributed by atoms with E-state index in [9.17, 15) is 4.79 Å². The van der Waals surface area contributed by atoms with E-state index in [1.807, 2.05) is 31.9 Å². The lowest BCUT2D eigenvalue weighted by Gasteiger charge is -2.45. The van der Waals surface area contributed by atoms with E-state index in [-0.39, 0.29) is 11.9 Å². The molecule has 2 aromatic rings. The smallest absolute Gasteiger partial charge is 0.233 e. The quantitative estimate of drug-likeness (QED) is 0.534. The van der Waals surface area contributed by atoms with Gasteiger partial charge >= 0.3 is 0 Å². The molecule has 1 aliphatic rings. The minimum atomic E-state index is 0.151. The van der Waals surface area contributed by atoms with Crippen LogP contribution in [0.25, 0.3) is 0 Å². The third-order valence-corrected chi connectivity index (χ3v) is 6.47. The lowest BCUT2D eigenvalue weighted by atomic mass is 9.84. The van der Waals surface area contributed by atoms with E-state index in [2.05, 4.69) is 59.0 Å². The first-order chi connectivity index (χ1) is 13.8. The molecule has 0 saturated carbocycles. The van der Waals surface area contributed by atoms with Gasteiger partial charge in [-0.2, -0.15) is 0 Å². The van der Waals surface area contributed by atoms with Crippen LogP contribution in [0.4, 0.5) is 0 Å². The highest BCUT2D eigenvalue weighted by molar-refractivity contribution is 7.99. The first kappa shape index (κ1) is 21.8. The van der Waals surface area contributed by atoms with Crippen molar-refractivity contribution in [3.63, 3.8) is 0 Å². The van der Waals surface area contributed by atoms with E-state index >= 15 is 0 Å². The first-order valence-corrected chi connectivity index (χ1v) is 11.3. The number of hydrogen-bond acceptors (Lipinski definition) is 5. The Morgan fingerprint density at radius 3 is 2.28 bits per heavy atom. The Morgan fingerprint density at radius 1 is 1.10 bits per heavy atom. The van der Waals surface area contributed by atoms with Crippen LogP contribution in [0.3, 0.4) is 0 Å². The molecule has 1 aromatic carbocycles. The van der Waals surface area contributed by atoms with Crippen LogP contribution in [0.1, 0.15) is 30.8 Å². The minimum Gasteiger partial charge on any atom is -0.341 e. The van der Waals surface area contributed by atoms with Crippen molar-refractivity contribution in [2.24, 2.45) is 11.8 Å². The number of nitrogens with zero attached hydrogens (tertiary/aromatic N) is 4. The molecule has 0 N–H and O–H groups in total. The lowest BCUT2D eigenvalue weighted by Crippen LogP contribution is -2.55. The maximum Gasteiger partial charge on any atom is 0.233 e. The molecule has 0 bridgehead atoms. The van der Waals surface area contributed by atoms with Gasteiger partial charge in [-0.25, -0.2) is 9.97 Å². The van der Waals surface area contributed by atoms with Crippen LogP contribution in [-0.2, 0) is 11.3 Å². The maximum atomic E-state index is 12.9. The monoisotopic (exact) mass is 412 g/mol. The van der Waals surface area contributed by atoms with Crippen molar-refractivity contribution < 1.29 is 4.79 Å². The number of aryl methyl sites for hydroxylation is 2. The average Bonchev–Trinajstić information content (AvgIpc) is 2.65. The molecule has 1 aromatic heterocycles. The summed E-state index contributed by atoms with van der Waals surface area (Å²) >= 11 is 1.43. The topological polar surface area (TPSA) is 49.3 Å². The zero-order valence-electron chi connectivity index (χ0n) is 18.1. The standard InChI is InChI=1S/C23H32N4OS/c1-16-12-27(14-20-9-7-6-8-10-20)13-17(2)22(16)26(5)21(28)15-29-23-24-18(3)11-19(4)25-23/h6-11,16-17,22H,12-15H2,1-5H3/t16-,17+,22?. The number of thioether (sulfide) groups is 1. The first-order valence-electron chi connectivity index (χ1n) is 10.3. The molecule has 1 fully saturated rings. The van der Waals surface area contributed by atoms with E-state index in [0.29, 0.717) is 22.7 Å². The van der Waals surface area contributed by atoms with Crippen LogP contribution in [0.15, 0.2) is 41.6 Å². The Balaban J connectivity index is 1.57. The molecule has 1 saturated heterocycles. The van der Waals surface area contributed by atoms with Gasteiger partial charge in [0.15, 0.2) is 5.16 Å². The summed E-state index contributed by atoms with van der Waals surface area (Å²) in [4.78, 5) is 26.2. The summed E-state index contributed by atoms with van der Waals surface area (Å²) in [6.07, 6.45) is 0. The highest BCUT2D eigenvalue weighted by Gasteiger charge is 2.36. The Morgan fingerprint density at radius 2 is 1.69 bits per heavy atom. The maximum absolute atomic E-state index is 12.9. The van der Waals surface area contributed by atoms with Crippen molar-refractivity contribution in [2.45, 2.75) is 45.4 Å². The van der Waals surface area contributed by atoms with Gasteiger partial charge in [-0.3, -0.25) is 9.69 Å². The average molecular weight is 413 g/mol. The molecular formula is C23H32N4OS. The number of piperidine rings is 1. The molecule has 29 heavy (non-hydrogen) atoms. The largest absolute Gasteiger partial charge is 0.341 e. The SMILES string of the molecule is Cc1cc(C)nc(SCC(=O)N(C)C2[C@H](C)CN(Cc3ccccc3)C[C@@H]2C)n1. The van der Waals surface area contributed by atoms with Gasteiger partial charge in [-0.05, 0) is 37.3 Å². The van der Waals surface area contributed by atoms with Crippen molar-refractivity contribution >= 4 is 17.7 Å². The van der Waals surface area contributed by atoms with Crippen molar-refractivity contribution in [1.29, 1.82) is 0 Å². The van der Waals surface area contributed by atoms with Gasteiger partial charge in [-0.15, -0.1) is 0 Å². The Labute approximate surface area is 178 Å². The molecule has 6 heteroatoms. The number of benzene rings is 1. The molecule has 156 valence electrons. The summed E-state index contributed by atoms with van der Waals surface area (Å²) in [5.74, 6) is 1.39. The summed E-state index contributed by atoms with van der Waals surface area (Å²) in [6.45, 7) is 11.4. The van der Waals surface area contributed by atoms with Crippen LogP contribution in [0, 0.1) is 25.7 Å². The molecule has 0 aliphatic carbocycles. The Kier molecular flexibility index (Phi) is 7.30. The summed E-state index contributed by atoms with van der Waals surface area (Å²) in [7, 11) is 1.95. The second kappa shape index (κ2) is 9.72. The van der Waals surface area contributed by atoms with Gasteiger partial charge in [0, 0.05) is 44.1 Å². The number of hydrogen-bond donors (Lipinski definition) is 0. The molecule has 3 rings (SSSR count). The fourth-order valence-electron chi connectivity index (χ4n) is 4.55. The van der Waals surface area contributed by atoms with E-state index in [4.69, 9.17) is 0 Å². The highest BCUT2D eigenvalue weighted by Crippen LogP contribution is 2.28. The predicted molar refractivity (Wildman–Crippen MR) is 119 cm³/mol. The van der Waals surface area contributed by atoms with Crippen molar-refractivity contribution in [3.8, 4) is 0 Å². The molecule has 1 aliphatic heterocycles. The van der Waals surface area contributed by atoms with Gasteiger partial charge < -0.3 is 4.90 Å². The van der Waals surface area contributed by atoms with E-state index < -0.39 is 0 Å². The number of aromatic nitrogens is 2. The minimum absolute atomic E-state index is 0.151. The molecular weight excluding hydrogens is 380 g/mol. The van der Waals surface area contributed by atoms with Crippen molar-refractivity contribution in [3.05, 3.63) is 53.3 Å². The van der Waals surface area contributed by atoms with Crippen LogP contribution in [0.5, 0.6) is 0 Å². The lowest BCUT2D eigenvalue weighted by molar-refractivity contribution is -0.132. The van der Waals surface area contributed by atoms with E-state index in [0.717, 1.165) is 31.0 Å². The van der Waals surface area contributed by atoms with E-state index in [1.165, 1.54) is 17.3 Å². The van der Waals surface area contributed by atoms with Crippen LogP contribution in [-0.4, -0.2) is 57.6 Å². The number of carbonyl (C=O) groups excluding carboxylic acids is 1. The van der Waals surface area contributed by atoms with Crippen LogP contribution >= 0.6 is 11.8 Å². The van der Waals surface area contributed by atoms with Gasteiger partial charge in [-0.1, -0.05) is 55.9 Å². The molecule has 0 spiro atoms. The van der Waals surface area contributed by atoms with Gasteiger partial charge in [0.1, 0.15) is 0 Å². The van der Waals surface area contributed by atoms with E-state index in [1.54, 1.807) is 0 Å². The normalized spacial score (nSPS) is 22.4. The number of carbonyl (C=O) groups is 1. The zero-order valence-corrected chi connectivity index (χ0v) is 18.9. The zero-order chi connectivity index (χ0) is 21.0. The Bertz CT molecular complexity index is 797. The summed E-state index contributed by atoms with van der Waals surface area (Å²) in [5.41, 5.74) is 3.22. The third kappa shape index (κ3) is 5.80. The second-order valence-electron chi connectivity index (χ2n) is 8.35. The van der Waals surface area contributed by atoms with Crippen molar-refractivity contribution in [1.82, 2.24) is 19.8 Å². The second-order valence-corrected chi connectivity index (χ2v) is 9.29. The fourth-order valence-corrected chi connectivity index (χ4v) is 5.43. The third-order valence-electron chi connectivity index (χ3n) is 5.63. The van der Waals surface area contributed by atoms with Gasteiger partial charge in [0.25, 0.3) is 0 Å². The highest BCUT2D eigenvalue weighted by atomic mass is 32.2. The molecule has 1 amide bonds. The van der Waals surface area contributed by atoms with Gasteiger partial charge in [0.2, 0.25) is 5.91 Å². The summed E-state index contributed by atoms with van der Waals surface area (Å²) < 4.78 is 0. The molecule has 5 nitrogen and oxygen atoms in total. The molecule has 2 heterocycles. The van der Waals surface area contributed by atoms with Crippen LogP contribution < -0.4 is 0 Å². The number of amides is 1. The number of likely N-dealkylation sites (tertiary alicyclic amines) is 1. The molecule has 3 atom stereocenters. The summed E-state index contributed by atoms with van der Waals surface area (Å²) in [6, 6.07) is 12.8. The number of rotatable bonds is 6.